The summed E-state index contributed by atoms with van der Waals surface area (Å²) in [4.78, 5) is 16.0. The molecule has 1 aromatic heterocycles. The summed E-state index contributed by atoms with van der Waals surface area (Å²) in [6, 6.07) is 2.22. The van der Waals surface area contributed by atoms with E-state index in [1.807, 2.05) is 6.92 Å². The first-order valence-electron chi connectivity index (χ1n) is 6.86. The highest BCUT2D eigenvalue weighted by atomic mass is 16.5. The van der Waals surface area contributed by atoms with E-state index in [4.69, 9.17) is 9.15 Å². The fraction of sp³-hybridized carbons (Fsp3) is 0.571. The molecule has 1 fully saturated rings. The highest BCUT2D eigenvalue weighted by molar-refractivity contribution is 5.90. The summed E-state index contributed by atoms with van der Waals surface area (Å²) in [6.45, 7) is 4.96. The summed E-state index contributed by atoms with van der Waals surface area (Å²) in [5, 5.41) is 6.51. The van der Waals surface area contributed by atoms with Crippen molar-refractivity contribution in [2.24, 2.45) is 4.99 Å². The summed E-state index contributed by atoms with van der Waals surface area (Å²) in [5.74, 6) is 1.60. The van der Waals surface area contributed by atoms with Gasteiger partial charge in [0.15, 0.2) is 5.96 Å². The van der Waals surface area contributed by atoms with Gasteiger partial charge in [0.25, 0.3) is 0 Å². The third kappa shape index (κ3) is 3.76. The van der Waals surface area contributed by atoms with Crippen molar-refractivity contribution >= 4 is 11.9 Å². The van der Waals surface area contributed by atoms with E-state index in [0.29, 0.717) is 29.7 Å². The second-order valence-corrected chi connectivity index (χ2v) is 4.79. The molecule has 1 aliphatic carbocycles. The molecule has 0 unspecified atom stereocenters. The lowest BCUT2D eigenvalue weighted by atomic mass is 10.2. The minimum Gasteiger partial charge on any atom is -0.465 e. The number of hydrogen-bond donors (Lipinski definition) is 2. The minimum absolute atomic E-state index is 0.385. The van der Waals surface area contributed by atoms with Crippen LogP contribution >= 0.6 is 0 Å². The lowest BCUT2D eigenvalue weighted by Crippen LogP contribution is -2.38. The molecule has 0 amide bonds. The van der Waals surface area contributed by atoms with Gasteiger partial charge in [-0.05, 0) is 32.8 Å². The average Bonchev–Trinajstić information content (AvgIpc) is 3.17. The molecule has 110 valence electrons. The van der Waals surface area contributed by atoms with E-state index in [2.05, 4.69) is 15.6 Å². The fourth-order valence-corrected chi connectivity index (χ4v) is 1.83. The van der Waals surface area contributed by atoms with E-state index in [0.717, 1.165) is 12.5 Å². The molecule has 1 aliphatic rings. The zero-order valence-electron chi connectivity index (χ0n) is 12.2. The lowest BCUT2D eigenvalue weighted by molar-refractivity contribution is 0.0599. The van der Waals surface area contributed by atoms with E-state index in [9.17, 15) is 4.79 Å². The second-order valence-electron chi connectivity index (χ2n) is 4.79. The van der Waals surface area contributed by atoms with Gasteiger partial charge in [-0.25, -0.2) is 9.79 Å². The van der Waals surface area contributed by atoms with Crippen LogP contribution in [0.25, 0.3) is 0 Å². The van der Waals surface area contributed by atoms with Crippen molar-refractivity contribution in [1.29, 1.82) is 0 Å². The minimum atomic E-state index is -0.385. The summed E-state index contributed by atoms with van der Waals surface area (Å²) >= 11 is 0. The van der Waals surface area contributed by atoms with Crippen molar-refractivity contribution in [2.45, 2.75) is 39.3 Å². The zero-order valence-corrected chi connectivity index (χ0v) is 12.2. The van der Waals surface area contributed by atoms with Crippen molar-refractivity contribution in [3.63, 3.8) is 0 Å². The number of esters is 1. The molecule has 0 radical (unpaired) electrons. The van der Waals surface area contributed by atoms with E-state index in [1.165, 1.54) is 20.0 Å². The molecule has 6 heteroatoms. The van der Waals surface area contributed by atoms with Crippen molar-refractivity contribution in [3.8, 4) is 0 Å². The van der Waals surface area contributed by atoms with Gasteiger partial charge in [-0.15, -0.1) is 0 Å². The van der Waals surface area contributed by atoms with Gasteiger partial charge in [-0.1, -0.05) is 0 Å². The van der Waals surface area contributed by atoms with Crippen molar-refractivity contribution in [3.05, 3.63) is 23.2 Å². The zero-order chi connectivity index (χ0) is 14.5. The summed E-state index contributed by atoms with van der Waals surface area (Å²) < 4.78 is 10.2. The number of aliphatic imine (C=N–C) groups is 1. The number of methoxy groups -OCH3 is 1. The molecular formula is C14H21N3O3. The van der Waals surface area contributed by atoms with E-state index in [-0.39, 0.29) is 5.97 Å². The number of carbonyl (C=O) groups is 1. The quantitative estimate of drug-likeness (QED) is 0.486. The van der Waals surface area contributed by atoms with Crippen LogP contribution in [0.5, 0.6) is 0 Å². The Labute approximate surface area is 118 Å². The molecular weight excluding hydrogens is 258 g/mol. The van der Waals surface area contributed by atoms with Gasteiger partial charge in [0.1, 0.15) is 23.6 Å². The monoisotopic (exact) mass is 279 g/mol. The average molecular weight is 279 g/mol. The summed E-state index contributed by atoms with van der Waals surface area (Å²) in [7, 11) is 1.36. The van der Waals surface area contributed by atoms with Crippen LogP contribution in [0.4, 0.5) is 0 Å². The maximum atomic E-state index is 11.5. The topological polar surface area (TPSA) is 75.9 Å². The van der Waals surface area contributed by atoms with E-state index in [1.54, 1.807) is 13.0 Å². The third-order valence-electron chi connectivity index (χ3n) is 3.03. The number of hydrogen-bond acceptors (Lipinski definition) is 4. The van der Waals surface area contributed by atoms with Crippen molar-refractivity contribution < 1.29 is 13.9 Å². The number of aryl methyl sites for hydroxylation is 1. The molecule has 1 aromatic rings. The lowest BCUT2D eigenvalue weighted by Gasteiger charge is -2.09. The first-order valence-corrected chi connectivity index (χ1v) is 6.86. The predicted octanol–water partition coefficient (Wildman–Crippen LogP) is 1.59. The standard InChI is InChI=1S/C14H21N3O3/c1-4-15-14(17-10-5-6-10)16-8-11-7-12(9(2)20-11)13(18)19-3/h7,10H,4-6,8H2,1-3H3,(H2,15,16,17). The Hall–Kier alpha value is -1.98. The Morgan fingerprint density at radius 1 is 1.55 bits per heavy atom. The Kier molecular flexibility index (Phi) is 4.65. The van der Waals surface area contributed by atoms with E-state index >= 15 is 0 Å². The normalized spacial score (nSPS) is 15.1. The predicted molar refractivity (Wildman–Crippen MR) is 75.8 cm³/mol. The fourth-order valence-electron chi connectivity index (χ4n) is 1.83. The first-order chi connectivity index (χ1) is 9.63. The van der Waals surface area contributed by atoms with Crippen LogP contribution in [-0.4, -0.2) is 31.6 Å². The molecule has 2 N–H and O–H groups in total. The van der Waals surface area contributed by atoms with Gasteiger partial charge in [0.2, 0.25) is 0 Å². The largest absolute Gasteiger partial charge is 0.465 e. The maximum absolute atomic E-state index is 11.5. The number of nitrogens with zero attached hydrogens (tertiary/aromatic N) is 1. The number of rotatable bonds is 5. The molecule has 0 atom stereocenters. The summed E-state index contributed by atoms with van der Waals surface area (Å²) in [6.07, 6.45) is 2.38. The molecule has 6 nitrogen and oxygen atoms in total. The highest BCUT2D eigenvalue weighted by Crippen LogP contribution is 2.19. The number of guanidine groups is 1. The molecule has 20 heavy (non-hydrogen) atoms. The SMILES string of the molecule is CCNC(=NCc1cc(C(=O)OC)c(C)o1)NC1CC1. The molecule has 0 bridgehead atoms. The second kappa shape index (κ2) is 6.45. The molecule has 0 saturated heterocycles. The smallest absolute Gasteiger partial charge is 0.341 e. The molecule has 2 rings (SSSR count). The molecule has 0 aliphatic heterocycles. The summed E-state index contributed by atoms with van der Waals surface area (Å²) in [5.41, 5.74) is 0.456. The first kappa shape index (κ1) is 14.4. The van der Waals surface area contributed by atoms with Crippen LogP contribution in [0, 0.1) is 6.92 Å². The highest BCUT2D eigenvalue weighted by Gasteiger charge is 2.22. The number of ether oxygens (including phenoxy) is 1. The van der Waals surface area contributed by atoms with Gasteiger partial charge in [-0.3, -0.25) is 0 Å². The van der Waals surface area contributed by atoms with Crippen LogP contribution in [0.1, 0.15) is 41.6 Å². The van der Waals surface area contributed by atoms with Gasteiger partial charge >= 0.3 is 5.97 Å². The molecule has 0 spiro atoms. The number of furan rings is 1. The Morgan fingerprint density at radius 2 is 2.30 bits per heavy atom. The van der Waals surface area contributed by atoms with E-state index < -0.39 is 0 Å². The number of carbonyl (C=O) groups excluding carboxylic acids is 1. The Balaban J connectivity index is 2.02. The van der Waals surface area contributed by atoms with Gasteiger partial charge < -0.3 is 19.8 Å². The van der Waals surface area contributed by atoms with Gasteiger partial charge in [0, 0.05) is 12.6 Å². The van der Waals surface area contributed by atoms with Crippen molar-refractivity contribution in [1.82, 2.24) is 10.6 Å². The Morgan fingerprint density at radius 3 is 2.90 bits per heavy atom. The maximum Gasteiger partial charge on any atom is 0.341 e. The van der Waals surface area contributed by atoms with Crippen LogP contribution < -0.4 is 10.6 Å². The molecule has 1 heterocycles. The van der Waals surface area contributed by atoms with Gasteiger partial charge in [-0.2, -0.15) is 0 Å². The molecule has 1 saturated carbocycles. The van der Waals surface area contributed by atoms with Crippen LogP contribution in [0.15, 0.2) is 15.5 Å². The third-order valence-corrected chi connectivity index (χ3v) is 3.03. The van der Waals surface area contributed by atoms with Crippen LogP contribution in [-0.2, 0) is 11.3 Å². The number of nitrogens with one attached hydrogen (secondary N) is 2. The van der Waals surface area contributed by atoms with Crippen molar-refractivity contribution in [2.75, 3.05) is 13.7 Å². The Bertz CT molecular complexity index is 504. The van der Waals surface area contributed by atoms with Crippen LogP contribution in [0.3, 0.4) is 0 Å². The van der Waals surface area contributed by atoms with Crippen LogP contribution in [0.2, 0.25) is 0 Å². The molecule has 0 aromatic carbocycles. The van der Waals surface area contributed by atoms with Gasteiger partial charge in [0.05, 0.1) is 7.11 Å².